The van der Waals surface area contributed by atoms with Gasteiger partial charge >= 0.3 is 0 Å². The molecule has 2 unspecified atom stereocenters. The SMILES string of the molecule is CN=C(NCCCOCC1CCCO1)NC1CCN(c2ncccc2F)C1. The molecule has 0 saturated carbocycles. The lowest BCUT2D eigenvalue weighted by Gasteiger charge is -2.20. The van der Waals surface area contributed by atoms with Crippen molar-refractivity contribution in [1.82, 2.24) is 15.6 Å². The van der Waals surface area contributed by atoms with E-state index in [0.717, 1.165) is 51.3 Å². The number of aromatic nitrogens is 1. The summed E-state index contributed by atoms with van der Waals surface area (Å²) in [6.07, 6.45) is 5.98. The second-order valence-corrected chi connectivity index (χ2v) is 6.95. The monoisotopic (exact) mass is 379 g/mol. The molecular weight excluding hydrogens is 349 g/mol. The molecule has 7 nitrogen and oxygen atoms in total. The Bertz CT molecular complexity index is 610. The van der Waals surface area contributed by atoms with Crippen LogP contribution < -0.4 is 15.5 Å². The molecule has 0 radical (unpaired) electrons. The first kappa shape index (κ1) is 19.8. The van der Waals surface area contributed by atoms with Gasteiger partial charge in [0, 0.05) is 52.1 Å². The molecule has 1 aromatic heterocycles. The van der Waals surface area contributed by atoms with Gasteiger partial charge in [0.15, 0.2) is 17.6 Å². The third-order valence-corrected chi connectivity index (χ3v) is 4.88. The molecule has 0 aromatic carbocycles. The van der Waals surface area contributed by atoms with E-state index in [2.05, 4.69) is 20.6 Å². The van der Waals surface area contributed by atoms with Crippen LogP contribution in [0.3, 0.4) is 0 Å². The van der Waals surface area contributed by atoms with Crippen molar-refractivity contribution < 1.29 is 13.9 Å². The van der Waals surface area contributed by atoms with Crippen molar-refractivity contribution in [2.24, 2.45) is 4.99 Å². The lowest BCUT2D eigenvalue weighted by Crippen LogP contribution is -2.45. The Hall–Kier alpha value is -1.93. The summed E-state index contributed by atoms with van der Waals surface area (Å²) in [6.45, 7) is 4.54. The molecule has 2 saturated heterocycles. The fourth-order valence-electron chi connectivity index (χ4n) is 3.44. The number of nitrogens with one attached hydrogen (secondary N) is 2. The molecule has 2 aliphatic heterocycles. The number of hydrogen-bond acceptors (Lipinski definition) is 5. The number of hydrogen-bond donors (Lipinski definition) is 2. The van der Waals surface area contributed by atoms with E-state index in [1.165, 1.54) is 6.07 Å². The molecule has 150 valence electrons. The van der Waals surface area contributed by atoms with E-state index in [0.29, 0.717) is 25.6 Å². The van der Waals surface area contributed by atoms with Crippen molar-refractivity contribution in [2.75, 3.05) is 51.4 Å². The van der Waals surface area contributed by atoms with Crippen molar-refractivity contribution in [2.45, 2.75) is 37.8 Å². The van der Waals surface area contributed by atoms with Crippen LogP contribution in [-0.4, -0.2) is 69.6 Å². The number of halogens is 1. The quantitative estimate of drug-likeness (QED) is 0.406. The van der Waals surface area contributed by atoms with Crippen molar-refractivity contribution in [3.8, 4) is 0 Å². The number of ether oxygens (including phenoxy) is 2. The van der Waals surface area contributed by atoms with Gasteiger partial charge in [0.25, 0.3) is 0 Å². The van der Waals surface area contributed by atoms with Crippen LogP contribution in [-0.2, 0) is 9.47 Å². The molecule has 2 aliphatic rings. The molecule has 3 heterocycles. The highest BCUT2D eigenvalue weighted by Crippen LogP contribution is 2.20. The Balaban J connectivity index is 1.31. The highest BCUT2D eigenvalue weighted by molar-refractivity contribution is 5.80. The van der Waals surface area contributed by atoms with Gasteiger partial charge in [-0.3, -0.25) is 4.99 Å². The summed E-state index contributed by atoms with van der Waals surface area (Å²) in [5.41, 5.74) is 0. The molecule has 0 amide bonds. The first-order valence-electron chi connectivity index (χ1n) is 9.78. The van der Waals surface area contributed by atoms with Crippen molar-refractivity contribution in [1.29, 1.82) is 0 Å². The van der Waals surface area contributed by atoms with Gasteiger partial charge in [-0.1, -0.05) is 0 Å². The zero-order valence-electron chi connectivity index (χ0n) is 16.0. The molecule has 2 N–H and O–H groups in total. The second kappa shape index (κ2) is 10.4. The van der Waals surface area contributed by atoms with Crippen molar-refractivity contribution >= 4 is 11.8 Å². The normalized spacial score (nSPS) is 23.0. The molecule has 1 aromatic rings. The van der Waals surface area contributed by atoms with Gasteiger partial charge in [-0.2, -0.15) is 0 Å². The average Bonchev–Trinajstić information content (AvgIpc) is 3.36. The minimum absolute atomic E-state index is 0.216. The lowest BCUT2D eigenvalue weighted by atomic mass is 10.2. The summed E-state index contributed by atoms with van der Waals surface area (Å²) in [5.74, 6) is 0.916. The number of nitrogens with zero attached hydrogens (tertiary/aromatic N) is 3. The summed E-state index contributed by atoms with van der Waals surface area (Å²) < 4.78 is 25.1. The maximum atomic E-state index is 13.9. The van der Waals surface area contributed by atoms with Gasteiger partial charge in [0.2, 0.25) is 0 Å². The Morgan fingerprint density at radius 2 is 2.41 bits per heavy atom. The maximum absolute atomic E-state index is 13.9. The number of aliphatic imine (C=N–C) groups is 1. The Morgan fingerprint density at radius 3 is 3.19 bits per heavy atom. The highest BCUT2D eigenvalue weighted by atomic mass is 19.1. The van der Waals surface area contributed by atoms with Crippen LogP contribution in [0.2, 0.25) is 0 Å². The van der Waals surface area contributed by atoms with E-state index in [1.807, 2.05) is 4.90 Å². The average molecular weight is 379 g/mol. The van der Waals surface area contributed by atoms with Crippen molar-refractivity contribution in [3.63, 3.8) is 0 Å². The van der Waals surface area contributed by atoms with Gasteiger partial charge in [0.05, 0.1) is 12.7 Å². The molecule has 3 rings (SSSR count). The zero-order valence-corrected chi connectivity index (χ0v) is 16.0. The van der Waals surface area contributed by atoms with Crippen LogP contribution in [0.4, 0.5) is 10.2 Å². The largest absolute Gasteiger partial charge is 0.379 e. The van der Waals surface area contributed by atoms with Gasteiger partial charge < -0.3 is 25.0 Å². The van der Waals surface area contributed by atoms with E-state index >= 15 is 0 Å². The predicted molar refractivity (Wildman–Crippen MR) is 104 cm³/mol. The molecule has 8 heteroatoms. The molecule has 0 bridgehead atoms. The summed E-state index contributed by atoms with van der Waals surface area (Å²) in [4.78, 5) is 10.4. The Labute approximate surface area is 160 Å². The number of rotatable bonds is 8. The molecule has 0 spiro atoms. The minimum Gasteiger partial charge on any atom is -0.379 e. The molecular formula is C19H30FN5O2. The maximum Gasteiger partial charge on any atom is 0.191 e. The van der Waals surface area contributed by atoms with Gasteiger partial charge in [-0.15, -0.1) is 0 Å². The topological polar surface area (TPSA) is 71.0 Å². The van der Waals surface area contributed by atoms with Crippen LogP contribution in [0.1, 0.15) is 25.7 Å². The van der Waals surface area contributed by atoms with E-state index in [9.17, 15) is 4.39 Å². The second-order valence-electron chi connectivity index (χ2n) is 6.95. The van der Waals surface area contributed by atoms with Crippen LogP contribution in [0.25, 0.3) is 0 Å². The van der Waals surface area contributed by atoms with E-state index in [4.69, 9.17) is 9.47 Å². The number of pyridine rings is 1. The molecule has 2 atom stereocenters. The third kappa shape index (κ3) is 6.04. The zero-order chi connectivity index (χ0) is 18.9. The standard InChI is InChI=1S/C19H30FN5O2/c1-21-19(23-9-4-11-26-14-16-5-3-12-27-16)24-15-7-10-25(13-15)18-17(20)6-2-8-22-18/h2,6,8,15-16H,3-5,7,9-14H2,1H3,(H2,21,23,24). The summed E-state index contributed by atoms with van der Waals surface area (Å²) in [6, 6.07) is 3.28. The minimum atomic E-state index is -0.274. The first-order valence-corrected chi connectivity index (χ1v) is 9.78. The first-order chi connectivity index (χ1) is 13.3. The van der Waals surface area contributed by atoms with Gasteiger partial charge in [-0.05, 0) is 37.8 Å². The van der Waals surface area contributed by atoms with Crippen LogP contribution >= 0.6 is 0 Å². The van der Waals surface area contributed by atoms with E-state index in [1.54, 1.807) is 19.3 Å². The summed E-state index contributed by atoms with van der Waals surface area (Å²) >= 11 is 0. The van der Waals surface area contributed by atoms with Gasteiger partial charge in [-0.25, -0.2) is 9.37 Å². The number of anilines is 1. The molecule has 0 aliphatic carbocycles. The number of guanidine groups is 1. The van der Waals surface area contributed by atoms with Crippen LogP contribution in [0.15, 0.2) is 23.3 Å². The van der Waals surface area contributed by atoms with Crippen molar-refractivity contribution in [3.05, 3.63) is 24.1 Å². The Morgan fingerprint density at radius 1 is 1.48 bits per heavy atom. The predicted octanol–water partition coefficient (Wildman–Crippen LogP) is 1.55. The fourth-order valence-corrected chi connectivity index (χ4v) is 3.44. The van der Waals surface area contributed by atoms with E-state index in [-0.39, 0.29) is 18.0 Å². The molecule has 27 heavy (non-hydrogen) atoms. The summed E-state index contributed by atoms with van der Waals surface area (Å²) in [7, 11) is 1.76. The third-order valence-electron chi connectivity index (χ3n) is 4.88. The van der Waals surface area contributed by atoms with Crippen LogP contribution in [0.5, 0.6) is 0 Å². The highest BCUT2D eigenvalue weighted by Gasteiger charge is 2.25. The van der Waals surface area contributed by atoms with Crippen LogP contribution in [0, 0.1) is 5.82 Å². The summed E-state index contributed by atoms with van der Waals surface area (Å²) in [5, 5.41) is 6.72. The lowest BCUT2D eigenvalue weighted by molar-refractivity contribution is 0.0168. The van der Waals surface area contributed by atoms with E-state index < -0.39 is 0 Å². The smallest absolute Gasteiger partial charge is 0.191 e. The molecule has 2 fully saturated rings. The fraction of sp³-hybridized carbons (Fsp3) is 0.684. The van der Waals surface area contributed by atoms with Gasteiger partial charge in [0.1, 0.15) is 0 Å². The Kier molecular flexibility index (Phi) is 7.65.